The molecule has 0 aromatic carbocycles. The fraction of sp³-hybridized carbons (Fsp3) is 0.812. The van der Waals surface area contributed by atoms with Gasteiger partial charge in [-0.2, -0.15) is 5.10 Å². The molecule has 1 aliphatic heterocycles. The molecule has 21 heavy (non-hydrogen) atoms. The first-order valence-electron chi connectivity index (χ1n) is 8.24. The van der Waals surface area contributed by atoms with Gasteiger partial charge in [0, 0.05) is 37.4 Å². The van der Waals surface area contributed by atoms with Crippen molar-refractivity contribution < 1.29 is 4.74 Å². The molecule has 1 aromatic rings. The summed E-state index contributed by atoms with van der Waals surface area (Å²) in [5.74, 6) is 0.639. The van der Waals surface area contributed by atoms with Crippen LogP contribution in [0.2, 0.25) is 0 Å². The van der Waals surface area contributed by atoms with Gasteiger partial charge in [-0.25, -0.2) is 0 Å². The number of alkyl halides is 1. The maximum absolute atomic E-state index is 6.19. The van der Waals surface area contributed by atoms with Crippen LogP contribution in [0, 0.1) is 0 Å². The zero-order valence-corrected chi connectivity index (χ0v) is 13.4. The molecule has 0 spiro atoms. The van der Waals surface area contributed by atoms with Crippen molar-refractivity contribution in [2.24, 2.45) is 0 Å². The molecule has 3 rings (SSSR count). The molecule has 1 N–H and O–H groups in total. The van der Waals surface area contributed by atoms with Gasteiger partial charge in [0.2, 0.25) is 0 Å². The zero-order chi connectivity index (χ0) is 14.5. The van der Waals surface area contributed by atoms with E-state index in [-0.39, 0.29) is 5.54 Å². The minimum Gasteiger partial charge on any atom is -0.381 e. The fourth-order valence-corrected chi connectivity index (χ4v) is 3.78. The van der Waals surface area contributed by atoms with Crippen LogP contribution in [-0.4, -0.2) is 34.4 Å². The molecule has 0 radical (unpaired) electrons. The van der Waals surface area contributed by atoms with Crippen molar-refractivity contribution in [3.63, 3.8) is 0 Å². The summed E-state index contributed by atoms with van der Waals surface area (Å²) < 4.78 is 7.62. The smallest absolute Gasteiger partial charge is 0.0762 e. The Labute approximate surface area is 132 Å². The van der Waals surface area contributed by atoms with Gasteiger partial charge in [-0.1, -0.05) is 19.3 Å². The number of nitrogens with zero attached hydrogens (tertiary/aromatic N) is 2. The van der Waals surface area contributed by atoms with Crippen LogP contribution in [0.15, 0.2) is 12.3 Å². The quantitative estimate of drug-likeness (QED) is 0.848. The molecular formula is C16H26ClN3O. The molecule has 1 saturated heterocycles. The highest BCUT2D eigenvalue weighted by molar-refractivity contribution is 6.18. The third kappa shape index (κ3) is 3.79. The molecular weight excluding hydrogens is 286 g/mol. The summed E-state index contributed by atoms with van der Waals surface area (Å²) in [7, 11) is 0. The zero-order valence-electron chi connectivity index (χ0n) is 12.7. The van der Waals surface area contributed by atoms with Crippen LogP contribution in [0.3, 0.4) is 0 Å². The first kappa shape index (κ1) is 15.3. The molecule has 0 bridgehead atoms. The Morgan fingerprint density at radius 3 is 2.76 bits per heavy atom. The molecule has 4 nitrogen and oxygen atoms in total. The summed E-state index contributed by atoms with van der Waals surface area (Å²) >= 11 is 6.19. The van der Waals surface area contributed by atoms with Gasteiger partial charge in [-0.15, -0.1) is 11.6 Å². The van der Waals surface area contributed by atoms with Crippen molar-refractivity contribution >= 4 is 11.6 Å². The van der Waals surface area contributed by atoms with Crippen molar-refractivity contribution in [1.82, 2.24) is 15.1 Å². The number of aromatic nitrogens is 2. The molecule has 2 fully saturated rings. The Morgan fingerprint density at radius 2 is 2.05 bits per heavy atom. The summed E-state index contributed by atoms with van der Waals surface area (Å²) in [6.45, 7) is 2.40. The first-order valence-corrected chi connectivity index (χ1v) is 8.78. The Balaban J connectivity index is 1.56. The molecule has 2 heterocycles. The predicted molar refractivity (Wildman–Crippen MR) is 84.7 cm³/mol. The number of ether oxygens (including phenoxy) is 1. The van der Waals surface area contributed by atoms with Crippen LogP contribution in [0.4, 0.5) is 0 Å². The molecule has 2 aliphatic rings. The standard InChI is InChI=1S/C16H26ClN3O/c17-13-16(7-10-21-11-8-16)18-12-14-6-9-20(19-14)15-4-2-1-3-5-15/h6,9,15,18H,1-5,7-8,10-13H2. The number of rotatable bonds is 5. The van der Waals surface area contributed by atoms with Crippen molar-refractivity contribution in [2.75, 3.05) is 19.1 Å². The lowest BCUT2D eigenvalue weighted by Crippen LogP contribution is -2.50. The lowest BCUT2D eigenvalue weighted by atomic mass is 9.92. The SMILES string of the molecule is ClCC1(NCc2ccn(C3CCCCC3)n2)CCOCC1. The molecule has 1 aliphatic carbocycles. The summed E-state index contributed by atoms with van der Waals surface area (Å²) in [5, 5.41) is 8.39. The minimum absolute atomic E-state index is 0.0222. The lowest BCUT2D eigenvalue weighted by Gasteiger charge is -2.36. The van der Waals surface area contributed by atoms with E-state index in [9.17, 15) is 0 Å². The van der Waals surface area contributed by atoms with E-state index in [2.05, 4.69) is 22.3 Å². The minimum atomic E-state index is 0.0222. The third-order valence-electron chi connectivity index (χ3n) is 4.96. The second-order valence-electron chi connectivity index (χ2n) is 6.46. The van der Waals surface area contributed by atoms with Crippen LogP contribution < -0.4 is 5.32 Å². The van der Waals surface area contributed by atoms with Crippen LogP contribution in [0.5, 0.6) is 0 Å². The van der Waals surface area contributed by atoms with Crippen molar-refractivity contribution in [3.05, 3.63) is 18.0 Å². The number of hydrogen-bond donors (Lipinski definition) is 1. The first-order chi connectivity index (χ1) is 10.3. The number of hydrogen-bond acceptors (Lipinski definition) is 3. The summed E-state index contributed by atoms with van der Waals surface area (Å²) in [5.41, 5.74) is 1.14. The van der Waals surface area contributed by atoms with E-state index in [1.165, 1.54) is 32.1 Å². The molecule has 0 amide bonds. The average molecular weight is 312 g/mol. The molecule has 0 atom stereocenters. The van der Waals surface area contributed by atoms with Crippen LogP contribution >= 0.6 is 11.6 Å². The van der Waals surface area contributed by atoms with Crippen molar-refractivity contribution in [2.45, 2.75) is 63.1 Å². The van der Waals surface area contributed by atoms with Crippen LogP contribution in [0.25, 0.3) is 0 Å². The summed E-state index contributed by atoms with van der Waals surface area (Å²) in [6, 6.07) is 2.75. The maximum atomic E-state index is 6.19. The predicted octanol–water partition coefficient (Wildman–Crippen LogP) is 3.27. The van der Waals surface area contributed by atoms with Gasteiger partial charge >= 0.3 is 0 Å². The van der Waals surface area contributed by atoms with Gasteiger partial charge in [0.25, 0.3) is 0 Å². The van der Waals surface area contributed by atoms with Gasteiger partial charge in [-0.3, -0.25) is 4.68 Å². The highest BCUT2D eigenvalue weighted by atomic mass is 35.5. The largest absolute Gasteiger partial charge is 0.381 e. The van der Waals surface area contributed by atoms with Crippen LogP contribution in [0.1, 0.15) is 56.7 Å². The Morgan fingerprint density at radius 1 is 1.29 bits per heavy atom. The van der Waals surface area contributed by atoms with Gasteiger partial charge in [0.05, 0.1) is 11.7 Å². The fourth-order valence-electron chi connectivity index (χ4n) is 3.42. The second-order valence-corrected chi connectivity index (χ2v) is 6.73. The van der Waals surface area contributed by atoms with E-state index in [0.717, 1.165) is 38.3 Å². The van der Waals surface area contributed by atoms with E-state index in [0.29, 0.717) is 11.9 Å². The topological polar surface area (TPSA) is 39.1 Å². The Hall–Kier alpha value is -0.580. The molecule has 5 heteroatoms. The Kier molecular flexibility index (Phi) is 5.19. The highest BCUT2D eigenvalue weighted by Gasteiger charge is 2.31. The van der Waals surface area contributed by atoms with Crippen molar-refractivity contribution in [1.29, 1.82) is 0 Å². The highest BCUT2D eigenvalue weighted by Crippen LogP contribution is 2.27. The molecule has 118 valence electrons. The third-order valence-corrected chi connectivity index (χ3v) is 5.47. The van der Waals surface area contributed by atoms with E-state index in [1.54, 1.807) is 0 Å². The van der Waals surface area contributed by atoms with Gasteiger partial charge in [0.1, 0.15) is 0 Å². The second kappa shape index (κ2) is 7.12. The average Bonchev–Trinajstić information content (AvgIpc) is 3.04. The normalized spacial score (nSPS) is 23.3. The molecule has 0 unspecified atom stereocenters. The molecule has 1 aromatic heterocycles. The van der Waals surface area contributed by atoms with E-state index < -0.39 is 0 Å². The monoisotopic (exact) mass is 311 g/mol. The number of nitrogens with one attached hydrogen (secondary N) is 1. The van der Waals surface area contributed by atoms with E-state index >= 15 is 0 Å². The van der Waals surface area contributed by atoms with Crippen LogP contribution in [-0.2, 0) is 11.3 Å². The molecule has 1 saturated carbocycles. The number of halogens is 1. The van der Waals surface area contributed by atoms with Gasteiger partial charge in [-0.05, 0) is 31.7 Å². The van der Waals surface area contributed by atoms with E-state index in [4.69, 9.17) is 21.4 Å². The summed E-state index contributed by atoms with van der Waals surface area (Å²) in [6.07, 6.45) is 10.7. The van der Waals surface area contributed by atoms with Gasteiger partial charge in [0.15, 0.2) is 0 Å². The Bertz CT molecular complexity index is 436. The summed E-state index contributed by atoms with van der Waals surface area (Å²) in [4.78, 5) is 0. The van der Waals surface area contributed by atoms with Gasteiger partial charge < -0.3 is 10.1 Å². The van der Waals surface area contributed by atoms with E-state index in [1.807, 2.05) is 0 Å². The lowest BCUT2D eigenvalue weighted by molar-refractivity contribution is 0.0457. The van der Waals surface area contributed by atoms with Crippen molar-refractivity contribution in [3.8, 4) is 0 Å². The maximum Gasteiger partial charge on any atom is 0.0762 e.